The van der Waals surface area contributed by atoms with Gasteiger partial charge in [0, 0.05) is 23.5 Å². The number of carbonyl (C=O) groups is 1. The lowest BCUT2D eigenvalue weighted by molar-refractivity contribution is 0.0472. The number of rotatable bonds is 4. The molecule has 1 aliphatic carbocycles. The first-order chi connectivity index (χ1) is 11.8. The highest BCUT2D eigenvalue weighted by Gasteiger charge is 2.16. The Balaban J connectivity index is 1.44. The van der Waals surface area contributed by atoms with E-state index in [2.05, 4.69) is 15.1 Å². The first-order valence-corrected chi connectivity index (χ1v) is 8.72. The van der Waals surface area contributed by atoms with E-state index in [1.165, 1.54) is 23.4 Å². The largest absolute Gasteiger partial charge is 0.455 e. The van der Waals surface area contributed by atoms with Crippen LogP contribution < -0.4 is 0 Å². The van der Waals surface area contributed by atoms with Gasteiger partial charge in [0.2, 0.25) is 0 Å². The average Bonchev–Trinajstić information content (AvgIpc) is 3.29. The van der Waals surface area contributed by atoms with Gasteiger partial charge < -0.3 is 4.74 Å². The molecule has 0 aromatic carbocycles. The summed E-state index contributed by atoms with van der Waals surface area (Å²) in [5, 5.41) is 4.98. The first kappa shape index (κ1) is 15.0. The van der Waals surface area contributed by atoms with Crippen LogP contribution in [0, 0.1) is 0 Å². The van der Waals surface area contributed by atoms with Crippen LogP contribution in [0.1, 0.15) is 38.8 Å². The van der Waals surface area contributed by atoms with Crippen LogP contribution in [0.5, 0.6) is 0 Å². The zero-order chi connectivity index (χ0) is 16.4. The van der Waals surface area contributed by atoms with Crippen LogP contribution in [0.15, 0.2) is 36.8 Å². The predicted molar refractivity (Wildman–Crippen MR) is 89.2 cm³/mol. The standard InChI is InChI=1S/C17H16N4O2S/c22-17(12-6-8-18-15(10-12)21-9-3-7-19-21)23-11-16-20-13-4-1-2-5-14(13)24-16/h3,6-10H,1-2,4-5,11H2. The molecule has 7 heteroatoms. The highest BCUT2D eigenvalue weighted by molar-refractivity contribution is 7.11. The van der Waals surface area contributed by atoms with Crippen molar-refractivity contribution >= 4 is 17.3 Å². The molecule has 0 saturated heterocycles. The minimum absolute atomic E-state index is 0.218. The third kappa shape index (κ3) is 3.07. The Morgan fingerprint density at radius 2 is 2.21 bits per heavy atom. The second kappa shape index (κ2) is 6.52. The maximum atomic E-state index is 12.3. The number of nitrogens with zero attached hydrogens (tertiary/aromatic N) is 4. The molecule has 6 nitrogen and oxygen atoms in total. The molecule has 24 heavy (non-hydrogen) atoms. The van der Waals surface area contributed by atoms with Gasteiger partial charge in [0.05, 0.1) is 11.3 Å². The Morgan fingerprint density at radius 3 is 3.04 bits per heavy atom. The molecule has 1 aliphatic rings. The second-order valence-electron chi connectivity index (χ2n) is 5.61. The SMILES string of the molecule is O=C(OCc1nc2c(s1)CCCC2)c1ccnc(-n2cccn2)c1. The molecule has 0 unspecified atom stereocenters. The summed E-state index contributed by atoms with van der Waals surface area (Å²) < 4.78 is 7.02. The van der Waals surface area contributed by atoms with Crippen LogP contribution in [0.3, 0.4) is 0 Å². The van der Waals surface area contributed by atoms with Crippen molar-refractivity contribution < 1.29 is 9.53 Å². The molecular weight excluding hydrogens is 324 g/mol. The van der Waals surface area contributed by atoms with Crippen molar-refractivity contribution in [1.29, 1.82) is 0 Å². The Kier molecular flexibility index (Phi) is 4.08. The number of aromatic nitrogens is 4. The molecular formula is C17H16N4O2S. The molecule has 3 aromatic heterocycles. The Hall–Kier alpha value is -2.54. The quantitative estimate of drug-likeness (QED) is 0.683. The zero-order valence-corrected chi connectivity index (χ0v) is 13.8. The molecule has 0 N–H and O–H groups in total. The van der Waals surface area contributed by atoms with Crippen molar-refractivity contribution in [3.05, 3.63) is 57.9 Å². The maximum absolute atomic E-state index is 12.3. The fourth-order valence-electron chi connectivity index (χ4n) is 2.75. The molecule has 0 spiro atoms. The van der Waals surface area contributed by atoms with Gasteiger partial charge in [-0.15, -0.1) is 11.3 Å². The van der Waals surface area contributed by atoms with E-state index in [0.29, 0.717) is 11.4 Å². The minimum Gasteiger partial charge on any atom is -0.455 e. The summed E-state index contributed by atoms with van der Waals surface area (Å²) in [6.45, 7) is 0.218. The summed E-state index contributed by atoms with van der Waals surface area (Å²) in [7, 11) is 0. The van der Waals surface area contributed by atoms with Gasteiger partial charge in [-0.25, -0.2) is 19.4 Å². The van der Waals surface area contributed by atoms with E-state index >= 15 is 0 Å². The Labute approximate surface area is 143 Å². The van der Waals surface area contributed by atoms with Gasteiger partial charge in [-0.1, -0.05) is 0 Å². The van der Waals surface area contributed by atoms with Crippen LogP contribution in [-0.2, 0) is 24.2 Å². The Morgan fingerprint density at radius 1 is 1.29 bits per heavy atom. The molecule has 3 heterocycles. The van der Waals surface area contributed by atoms with Gasteiger partial charge in [-0.2, -0.15) is 5.10 Å². The number of hydrogen-bond donors (Lipinski definition) is 0. The van der Waals surface area contributed by atoms with Crippen molar-refractivity contribution in [3.63, 3.8) is 0 Å². The summed E-state index contributed by atoms with van der Waals surface area (Å²) >= 11 is 1.66. The number of esters is 1. The smallest absolute Gasteiger partial charge is 0.338 e. The van der Waals surface area contributed by atoms with E-state index in [0.717, 1.165) is 17.8 Å². The molecule has 0 aliphatic heterocycles. The van der Waals surface area contributed by atoms with E-state index in [1.807, 2.05) is 0 Å². The van der Waals surface area contributed by atoms with Crippen molar-refractivity contribution in [3.8, 4) is 5.82 Å². The molecule has 122 valence electrons. The molecule has 0 fully saturated rings. The van der Waals surface area contributed by atoms with E-state index in [1.54, 1.807) is 52.8 Å². The number of hydrogen-bond acceptors (Lipinski definition) is 6. The molecule has 0 atom stereocenters. The fraction of sp³-hybridized carbons (Fsp3) is 0.294. The Bertz CT molecular complexity index is 834. The minimum atomic E-state index is -0.376. The van der Waals surface area contributed by atoms with E-state index < -0.39 is 0 Å². The van der Waals surface area contributed by atoms with E-state index in [4.69, 9.17) is 4.74 Å². The number of ether oxygens (including phenoxy) is 1. The highest BCUT2D eigenvalue weighted by atomic mass is 32.1. The summed E-state index contributed by atoms with van der Waals surface area (Å²) in [5.41, 5.74) is 1.64. The molecule has 0 radical (unpaired) electrons. The van der Waals surface area contributed by atoms with Crippen LogP contribution in [-0.4, -0.2) is 25.7 Å². The van der Waals surface area contributed by atoms with Crippen molar-refractivity contribution in [1.82, 2.24) is 19.7 Å². The number of pyridine rings is 1. The molecule has 4 rings (SSSR count). The third-order valence-corrected chi connectivity index (χ3v) is 5.07. The molecule has 0 amide bonds. The number of fused-ring (bicyclic) bond motifs is 1. The van der Waals surface area contributed by atoms with Gasteiger partial charge in [0.1, 0.15) is 11.6 Å². The van der Waals surface area contributed by atoms with Gasteiger partial charge in [-0.3, -0.25) is 0 Å². The van der Waals surface area contributed by atoms with Crippen LogP contribution in [0.4, 0.5) is 0 Å². The highest BCUT2D eigenvalue weighted by Crippen LogP contribution is 2.27. The zero-order valence-electron chi connectivity index (χ0n) is 13.0. The maximum Gasteiger partial charge on any atom is 0.338 e. The lowest BCUT2D eigenvalue weighted by Crippen LogP contribution is -2.07. The third-order valence-electron chi connectivity index (χ3n) is 3.94. The molecule has 0 saturated carbocycles. The number of carbonyl (C=O) groups excluding carboxylic acids is 1. The van der Waals surface area contributed by atoms with Gasteiger partial charge in [0.15, 0.2) is 5.82 Å². The predicted octanol–water partition coefficient (Wildman–Crippen LogP) is 2.96. The summed E-state index contributed by atoms with van der Waals surface area (Å²) in [4.78, 5) is 22.4. The summed E-state index contributed by atoms with van der Waals surface area (Å²) in [5.74, 6) is 0.207. The van der Waals surface area contributed by atoms with E-state index in [9.17, 15) is 4.79 Å². The van der Waals surface area contributed by atoms with Crippen molar-refractivity contribution in [2.24, 2.45) is 0 Å². The number of aryl methyl sites for hydroxylation is 2. The first-order valence-electron chi connectivity index (χ1n) is 7.90. The fourth-order valence-corrected chi connectivity index (χ4v) is 3.82. The van der Waals surface area contributed by atoms with Crippen LogP contribution in [0.2, 0.25) is 0 Å². The van der Waals surface area contributed by atoms with Crippen LogP contribution >= 0.6 is 11.3 Å². The average molecular weight is 340 g/mol. The van der Waals surface area contributed by atoms with Gasteiger partial charge >= 0.3 is 5.97 Å². The normalized spacial score (nSPS) is 13.5. The van der Waals surface area contributed by atoms with Crippen LogP contribution in [0.25, 0.3) is 5.82 Å². The van der Waals surface area contributed by atoms with Crippen molar-refractivity contribution in [2.45, 2.75) is 32.3 Å². The second-order valence-corrected chi connectivity index (χ2v) is 6.78. The summed E-state index contributed by atoms with van der Waals surface area (Å²) in [6, 6.07) is 5.11. The van der Waals surface area contributed by atoms with Gasteiger partial charge in [0.25, 0.3) is 0 Å². The number of thiazole rings is 1. The van der Waals surface area contributed by atoms with E-state index in [-0.39, 0.29) is 12.6 Å². The lowest BCUT2D eigenvalue weighted by Gasteiger charge is -2.06. The van der Waals surface area contributed by atoms with Gasteiger partial charge in [-0.05, 0) is 43.9 Å². The topological polar surface area (TPSA) is 69.9 Å². The molecule has 3 aromatic rings. The lowest BCUT2D eigenvalue weighted by atomic mass is 10.0. The summed E-state index contributed by atoms with van der Waals surface area (Å²) in [6.07, 6.45) is 9.57. The molecule has 0 bridgehead atoms. The van der Waals surface area contributed by atoms with Crippen molar-refractivity contribution in [2.75, 3.05) is 0 Å². The monoisotopic (exact) mass is 340 g/mol.